The third-order valence-corrected chi connectivity index (χ3v) is 6.67. The fourth-order valence-electron chi connectivity index (χ4n) is 3.75. The maximum absolute atomic E-state index is 12.5. The number of hydrogen-bond donors (Lipinski definition) is 0. The Hall–Kier alpha value is -3.37. The van der Waals surface area contributed by atoms with Crippen molar-refractivity contribution in [2.45, 2.75) is 0 Å². The summed E-state index contributed by atoms with van der Waals surface area (Å²) < 4.78 is 25.6. The van der Waals surface area contributed by atoms with E-state index >= 15 is 0 Å². The number of carbonyl (C=O) groups excluding carboxylic acids is 4. The highest BCUT2D eigenvalue weighted by Gasteiger charge is 2.37. The number of rotatable bonds is 7. The number of imide groups is 2. The van der Waals surface area contributed by atoms with Crippen molar-refractivity contribution in [3.05, 3.63) is 70.8 Å². The number of carbonyl (C=O) groups is 4. The van der Waals surface area contributed by atoms with E-state index in [0.29, 0.717) is 0 Å². The highest BCUT2D eigenvalue weighted by atomic mass is 32.2. The van der Waals surface area contributed by atoms with Gasteiger partial charge in [-0.1, -0.05) is 24.3 Å². The van der Waals surface area contributed by atoms with Crippen LogP contribution >= 0.6 is 0 Å². The lowest BCUT2D eigenvalue weighted by molar-refractivity contribution is 0.0644. The van der Waals surface area contributed by atoms with Crippen molar-refractivity contribution < 1.29 is 27.6 Å². The molecule has 0 aromatic heterocycles. The van der Waals surface area contributed by atoms with Crippen LogP contribution in [-0.2, 0) is 10.0 Å². The third kappa shape index (κ3) is 3.64. The van der Waals surface area contributed by atoms with E-state index in [2.05, 4.69) is 0 Å². The Balaban J connectivity index is 1.44. The molecule has 10 heteroatoms. The normalized spacial score (nSPS) is 15.8. The molecule has 160 valence electrons. The first kappa shape index (κ1) is 20.9. The Morgan fingerprint density at radius 3 is 1.19 bits per heavy atom. The number of hydrogen-bond acceptors (Lipinski definition) is 6. The summed E-state index contributed by atoms with van der Waals surface area (Å²) in [7, 11) is -3.72. The van der Waals surface area contributed by atoms with Crippen molar-refractivity contribution in [1.82, 2.24) is 14.1 Å². The molecule has 9 nitrogen and oxygen atoms in total. The molecule has 0 radical (unpaired) electrons. The first-order chi connectivity index (χ1) is 14.7. The zero-order valence-corrected chi connectivity index (χ0v) is 17.5. The molecule has 31 heavy (non-hydrogen) atoms. The van der Waals surface area contributed by atoms with Gasteiger partial charge >= 0.3 is 0 Å². The number of amides is 4. The van der Waals surface area contributed by atoms with Gasteiger partial charge in [-0.05, 0) is 24.3 Å². The molecule has 0 spiro atoms. The average molecular weight is 441 g/mol. The number of nitrogens with zero attached hydrogens (tertiary/aromatic N) is 3. The summed E-state index contributed by atoms with van der Waals surface area (Å²) in [5.41, 5.74) is 1.13. The van der Waals surface area contributed by atoms with Gasteiger partial charge in [0.1, 0.15) is 0 Å². The van der Waals surface area contributed by atoms with Gasteiger partial charge in [0.2, 0.25) is 10.0 Å². The maximum atomic E-state index is 12.5. The van der Waals surface area contributed by atoms with Crippen LogP contribution in [0.4, 0.5) is 0 Å². The van der Waals surface area contributed by atoms with E-state index in [0.717, 1.165) is 20.4 Å². The van der Waals surface area contributed by atoms with E-state index in [9.17, 15) is 27.6 Å². The molecule has 2 aromatic rings. The number of benzene rings is 2. The summed E-state index contributed by atoms with van der Waals surface area (Å²) in [5.74, 6) is -1.91. The van der Waals surface area contributed by atoms with Crippen molar-refractivity contribution in [3.63, 3.8) is 0 Å². The smallest absolute Gasteiger partial charge is 0.261 e. The quantitative estimate of drug-likeness (QED) is 0.589. The Kier molecular flexibility index (Phi) is 5.19. The van der Waals surface area contributed by atoms with Gasteiger partial charge in [0.05, 0.1) is 28.5 Å². The van der Waals surface area contributed by atoms with Crippen LogP contribution in [0, 0.1) is 0 Å². The molecule has 2 aliphatic heterocycles. The molecule has 0 N–H and O–H groups in total. The van der Waals surface area contributed by atoms with Crippen LogP contribution in [0.1, 0.15) is 41.4 Å². The minimum Gasteiger partial charge on any atom is -0.273 e. The van der Waals surface area contributed by atoms with E-state index < -0.39 is 33.7 Å². The highest BCUT2D eigenvalue weighted by molar-refractivity contribution is 7.88. The average Bonchev–Trinajstić information content (AvgIpc) is 3.13. The monoisotopic (exact) mass is 441 g/mol. The Morgan fingerprint density at radius 2 is 0.935 bits per heavy atom. The van der Waals surface area contributed by atoms with Gasteiger partial charge in [-0.3, -0.25) is 29.0 Å². The molecule has 2 heterocycles. The van der Waals surface area contributed by atoms with Crippen LogP contribution in [-0.4, -0.2) is 78.6 Å². The molecule has 0 saturated carbocycles. The zero-order chi connectivity index (χ0) is 22.3. The van der Waals surface area contributed by atoms with E-state index in [1.807, 2.05) is 0 Å². The van der Waals surface area contributed by atoms with E-state index in [1.54, 1.807) is 48.5 Å². The number of fused-ring (bicyclic) bond motifs is 2. The summed E-state index contributed by atoms with van der Waals surface area (Å²) >= 11 is 0. The second-order valence-corrected chi connectivity index (χ2v) is 9.26. The molecular weight excluding hydrogens is 422 g/mol. The summed E-state index contributed by atoms with van der Waals surface area (Å²) in [6.45, 7) is -0.565. The Bertz CT molecular complexity index is 1070. The van der Waals surface area contributed by atoms with Crippen molar-refractivity contribution in [2.24, 2.45) is 0 Å². The lowest BCUT2D eigenvalue weighted by Gasteiger charge is -2.24. The van der Waals surface area contributed by atoms with Crippen LogP contribution in [0.3, 0.4) is 0 Å². The summed E-state index contributed by atoms with van der Waals surface area (Å²) in [5, 5.41) is 0. The van der Waals surface area contributed by atoms with Gasteiger partial charge in [0.25, 0.3) is 23.6 Å². The van der Waals surface area contributed by atoms with E-state index in [1.165, 1.54) is 0 Å². The topological polar surface area (TPSA) is 112 Å². The molecule has 4 amide bonds. The standard InChI is InChI=1S/C21H19N3O6S/c1-31(29,30)22(10-12-23-18(25)14-6-2-3-7-15(14)19(23)26)11-13-24-20(27)16-8-4-5-9-17(16)21(24)28/h2-9H,10-13H2,1H3. The molecule has 0 unspecified atom stereocenters. The molecular formula is C21H19N3O6S. The van der Waals surface area contributed by atoms with Gasteiger partial charge in [0, 0.05) is 26.2 Å². The SMILES string of the molecule is CS(=O)(=O)N(CCN1C(=O)c2ccccc2C1=O)CCN1C(=O)c2ccccc2C1=O. The summed E-state index contributed by atoms with van der Waals surface area (Å²) in [4.78, 5) is 52.0. The van der Waals surface area contributed by atoms with Gasteiger partial charge in [-0.2, -0.15) is 4.31 Å². The van der Waals surface area contributed by atoms with Crippen LogP contribution in [0.25, 0.3) is 0 Å². The third-order valence-electron chi connectivity index (χ3n) is 5.37. The molecule has 4 rings (SSSR count). The van der Waals surface area contributed by atoms with Crippen LogP contribution in [0.2, 0.25) is 0 Å². The minimum absolute atomic E-state index is 0.137. The second-order valence-electron chi connectivity index (χ2n) is 7.28. The maximum Gasteiger partial charge on any atom is 0.261 e. The lowest BCUT2D eigenvalue weighted by atomic mass is 10.1. The number of sulfonamides is 1. The first-order valence-electron chi connectivity index (χ1n) is 9.55. The summed E-state index contributed by atoms with van der Waals surface area (Å²) in [6, 6.07) is 12.8. The second kappa shape index (κ2) is 7.71. The molecule has 0 saturated heterocycles. The van der Waals surface area contributed by atoms with Gasteiger partial charge in [-0.15, -0.1) is 0 Å². The predicted octanol–water partition coefficient (Wildman–Crippen LogP) is 0.840. The lowest BCUT2D eigenvalue weighted by Crippen LogP contribution is -2.44. The van der Waals surface area contributed by atoms with Crippen LogP contribution in [0.5, 0.6) is 0 Å². The van der Waals surface area contributed by atoms with Gasteiger partial charge in [-0.25, -0.2) is 8.42 Å². The fourth-order valence-corrected chi connectivity index (χ4v) is 4.58. The molecule has 0 fully saturated rings. The van der Waals surface area contributed by atoms with Crippen LogP contribution in [0.15, 0.2) is 48.5 Å². The Labute approximate surface area is 178 Å². The van der Waals surface area contributed by atoms with Crippen molar-refractivity contribution in [2.75, 3.05) is 32.4 Å². The van der Waals surface area contributed by atoms with Crippen molar-refractivity contribution in [1.29, 1.82) is 0 Å². The van der Waals surface area contributed by atoms with Crippen LogP contribution < -0.4 is 0 Å². The highest BCUT2D eigenvalue weighted by Crippen LogP contribution is 2.23. The van der Waals surface area contributed by atoms with E-state index in [-0.39, 0.29) is 48.4 Å². The molecule has 2 aliphatic rings. The molecule has 2 aromatic carbocycles. The van der Waals surface area contributed by atoms with Gasteiger partial charge < -0.3 is 0 Å². The molecule has 0 atom stereocenters. The van der Waals surface area contributed by atoms with E-state index in [4.69, 9.17) is 0 Å². The predicted molar refractivity (Wildman–Crippen MR) is 110 cm³/mol. The largest absolute Gasteiger partial charge is 0.273 e. The van der Waals surface area contributed by atoms with Gasteiger partial charge in [0.15, 0.2) is 0 Å². The fraction of sp³-hybridized carbons (Fsp3) is 0.238. The first-order valence-corrected chi connectivity index (χ1v) is 11.4. The molecule has 0 bridgehead atoms. The molecule has 0 aliphatic carbocycles. The summed E-state index contributed by atoms with van der Waals surface area (Å²) in [6.07, 6.45) is 0.998. The Morgan fingerprint density at radius 1 is 0.645 bits per heavy atom. The van der Waals surface area contributed by atoms with Crippen molar-refractivity contribution >= 4 is 33.7 Å². The minimum atomic E-state index is -3.72. The van der Waals surface area contributed by atoms with Crippen molar-refractivity contribution in [3.8, 4) is 0 Å². The zero-order valence-electron chi connectivity index (χ0n) is 16.6.